The molecule has 2 aliphatic rings. The van der Waals surface area contributed by atoms with E-state index in [0.29, 0.717) is 33.2 Å². The molecule has 2 aromatic heterocycles. The van der Waals surface area contributed by atoms with Gasteiger partial charge in [-0.2, -0.15) is 0 Å². The molecule has 1 amide bonds. The summed E-state index contributed by atoms with van der Waals surface area (Å²) in [6, 6.07) is 13.1. The van der Waals surface area contributed by atoms with E-state index in [0.717, 1.165) is 16.0 Å². The highest BCUT2D eigenvalue weighted by molar-refractivity contribution is 7.22. The number of amides is 1. The van der Waals surface area contributed by atoms with Crippen LogP contribution in [-0.2, 0) is 16.0 Å². The average Bonchev–Trinajstić information content (AvgIpc) is 3.51. The number of thiazole rings is 1. The number of hydrogen-bond donors (Lipinski definition) is 1. The molecule has 1 saturated heterocycles. The van der Waals surface area contributed by atoms with Crippen molar-refractivity contribution in [3.05, 3.63) is 88.2 Å². The Hall–Kier alpha value is -3.75. The van der Waals surface area contributed by atoms with Gasteiger partial charge in [-0.15, -0.1) is 0 Å². The van der Waals surface area contributed by atoms with E-state index in [1.165, 1.54) is 16.2 Å². The molecule has 0 spiro atoms. The number of aliphatic hydroxyl groups is 1. The van der Waals surface area contributed by atoms with Gasteiger partial charge in [0.1, 0.15) is 17.6 Å². The number of pyridine rings is 1. The first kappa shape index (κ1) is 21.8. The second-order valence-electron chi connectivity index (χ2n) is 8.52. The molecule has 0 unspecified atom stereocenters. The zero-order valence-electron chi connectivity index (χ0n) is 18.4. The molecule has 2 aliphatic heterocycles. The molecule has 7 nitrogen and oxygen atoms in total. The highest BCUT2D eigenvalue weighted by Gasteiger charge is 2.48. The summed E-state index contributed by atoms with van der Waals surface area (Å²) in [7, 11) is 0. The molecule has 1 fully saturated rings. The van der Waals surface area contributed by atoms with Crippen molar-refractivity contribution < 1.29 is 19.4 Å². The minimum atomic E-state index is -0.886. The normalized spacial score (nSPS) is 20.9. The number of carbonyl (C=O) groups excluding carboxylic acids is 2. The average molecular weight is 504 g/mol. The summed E-state index contributed by atoms with van der Waals surface area (Å²) in [5.41, 5.74) is 2.63. The smallest absolute Gasteiger partial charge is 0.301 e. The molecule has 1 N–H and O–H groups in total. The third kappa shape index (κ3) is 3.57. The molecule has 0 saturated carbocycles. The van der Waals surface area contributed by atoms with E-state index in [-0.39, 0.29) is 17.4 Å². The number of rotatable bonds is 3. The monoisotopic (exact) mass is 503 g/mol. The maximum absolute atomic E-state index is 13.3. The van der Waals surface area contributed by atoms with E-state index < -0.39 is 17.7 Å². The van der Waals surface area contributed by atoms with Gasteiger partial charge in [0.05, 0.1) is 21.8 Å². The molecule has 4 heterocycles. The van der Waals surface area contributed by atoms with Gasteiger partial charge >= 0.3 is 5.91 Å². The van der Waals surface area contributed by atoms with Crippen LogP contribution in [0.3, 0.4) is 0 Å². The lowest BCUT2D eigenvalue weighted by atomic mass is 9.95. The van der Waals surface area contributed by atoms with E-state index in [9.17, 15) is 14.7 Å². The molecule has 4 aromatic rings. The van der Waals surface area contributed by atoms with E-state index >= 15 is 0 Å². The van der Waals surface area contributed by atoms with Crippen LogP contribution < -0.4 is 9.64 Å². The van der Waals surface area contributed by atoms with Gasteiger partial charge in [0, 0.05) is 29.4 Å². The SMILES string of the molecule is C[C@H]1Cc2cc(C(O)=C3C(=O)C(=O)N(c4nc5ccc(Cl)cc5s4)[C@H]3c3cccnc3)ccc2O1. The molecule has 6 rings (SSSR count). The molecule has 0 bridgehead atoms. The van der Waals surface area contributed by atoms with Crippen molar-refractivity contribution in [3.63, 3.8) is 0 Å². The van der Waals surface area contributed by atoms with Crippen LogP contribution in [-0.4, -0.2) is 32.9 Å². The lowest BCUT2D eigenvalue weighted by Gasteiger charge is -2.22. The van der Waals surface area contributed by atoms with Crippen LogP contribution in [0.4, 0.5) is 5.13 Å². The van der Waals surface area contributed by atoms with Crippen molar-refractivity contribution in [2.24, 2.45) is 0 Å². The summed E-state index contributed by atoms with van der Waals surface area (Å²) in [4.78, 5) is 36.8. The third-order valence-corrected chi connectivity index (χ3v) is 7.41. The van der Waals surface area contributed by atoms with Crippen LogP contribution in [0.5, 0.6) is 5.75 Å². The van der Waals surface area contributed by atoms with Crippen LogP contribution in [0.25, 0.3) is 16.0 Å². The quantitative estimate of drug-likeness (QED) is 0.232. The molecule has 0 radical (unpaired) electrons. The van der Waals surface area contributed by atoms with Crippen LogP contribution in [0.2, 0.25) is 5.02 Å². The van der Waals surface area contributed by atoms with Crippen LogP contribution in [0, 0.1) is 0 Å². The zero-order chi connectivity index (χ0) is 24.3. The number of aromatic nitrogens is 2. The molecule has 9 heteroatoms. The van der Waals surface area contributed by atoms with Gasteiger partial charge in [-0.3, -0.25) is 19.5 Å². The van der Waals surface area contributed by atoms with E-state index in [4.69, 9.17) is 16.3 Å². The molecular weight excluding hydrogens is 486 g/mol. The lowest BCUT2D eigenvalue weighted by Crippen LogP contribution is -2.29. The Labute approximate surface area is 209 Å². The Balaban J connectivity index is 1.53. The first-order valence-corrected chi connectivity index (χ1v) is 12.2. The van der Waals surface area contributed by atoms with Crippen LogP contribution >= 0.6 is 22.9 Å². The Bertz CT molecular complexity index is 1550. The number of aliphatic hydroxyl groups excluding tert-OH is 1. The van der Waals surface area contributed by atoms with Crippen molar-refractivity contribution in [1.29, 1.82) is 0 Å². The summed E-state index contributed by atoms with van der Waals surface area (Å²) in [6.45, 7) is 1.97. The zero-order valence-corrected chi connectivity index (χ0v) is 20.0. The highest BCUT2D eigenvalue weighted by atomic mass is 35.5. The van der Waals surface area contributed by atoms with Crippen molar-refractivity contribution in [2.45, 2.75) is 25.5 Å². The standard InChI is InChI=1S/C26H18ClN3O4S/c1-13-9-16-10-14(4-7-19(16)34-13)23(31)21-22(15-3-2-8-28-12-15)30(25(33)24(21)32)26-29-18-6-5-17(27)11-20(18)35-26/h2-8,10-13,22,31H,9H2,1H3/t13-,22-/m0/s1. The topological polar surface area (TPSA) is 92.6 Å². The number of carbonyl (C=O) groups is 2. The number of hydrogen-bond acceptors (Lipinski definition) is 7. The fourth-order valence-corrected chi connectivity index (χ4v) is 5.87. The summed E-state index contributed by atoms with van der Waals surface area (Å²) in [5.74, 6) is -1.03. The van der Waals surface area contributed by atoms with Gasteiger partial charge in [-0.05, 0) is 60.5 Å². The Morgan fingerprint density at radius 2 is 2.06 bits per heavy atom. The maximum Gasteiger partial charge on any atom is 0.301 e. The number of ketones is 1. The largest absolute Gasteiger partial charge is 0.507 e. The van der Waals surface area contributed by atoms with E-state index in [2.05, 4.69) is 9.97 Å². The van der Waals surface area contributed by atoms with E-state index in [1.807, 2.05) is 13.0 Å². The van der Waals surface area contributed by atoms with Crippen LogP contribution in [0.15, 0.2) is 66.5 Å². The van der Waals surface area contributed by atoms with Gasteiger partial charge in [0.25, 0.3) is 5.78 Å². The summed E-state index contributed by atoms with van der Waals surface area (Å²) < 4.78 is 6.54. The Morgan fingerprint density at radius 3 is 2.86 bits per heavy atom. The van der Waals surface area contributed by atoms with Crippen molar-refractivity contribution in [2.75, 3.05) is 4.90 Å². The maximum atomic E-state index is 13.3. The second kappa shape index (κ2) is 8.18. The summed E-state index contributed by atoms with van der Waals surface area (Å²) in [6.07, 6.45) is 3.93. The number of Topliss-reactive ketones (excluding diaryl/α,β-unsaturated/α-hetero) is 1. The Morgan fingerprint density at radius 1 is 1.20 bits per heavy atom. The molecule has 174 valence electrons. The van der Waals surface area contributed by atoms with Crippen molar-refractivity contribution >= 4 is 55.7 Å². The highest BCUT2D eigenvalue weighted by Crippen LogP contribution is 2.44. The number of halogens is 1. The van der Waals surface area contributed by atoms with Crippen molar-refractivity contribution in [3.8, 4) is 5.75 Å². The number of nitrogens with zero attached hydrogens (tertiary/aromatic N) is 3. The third-order valence-electron chi connectivity index (χ3n) is 6.16. The number of ether oxygens (including phenoxy) is 1. The van der Waals surface area contributed by atoms with Crippen LogP contribution in [0.1, 0.15) is 29.7 Å². The predicted octanol–water partition coefficient (Wildman–Crippen LogP) is 5.29. The molecule has 2 aromatic carbocycles. The molecule has 35 heavy (non-hydrogen) atoms. The fourth-order valence-electron chi connectivity index (χ4n) is 4.60. The first-order valence-electron chi connectivity index (χ1n) is 11.0. The lowest BCUT2D eigenvalue weighted by molar-refractivity contribution is -0.132. The molecular formula is C26H18ClN3O4S. The first-order chi connectivity index (χ1) is 16.9. The van der Waals surface area contributed by atoms with E-state index in [1.54, 1.807) is 54.9 Å². The van der Waals surface area contributed by atoms with Gasteiger partial charge < -0.3 is 9.84 Å². The minimum Gasteiger partial charge on any atom is -0.507 e. The van der Waals surface area contributed by atoms with Gasteiger partial charge in [-0.1, -0.05) is 29.0 Å². The molecule has 0 aliphatic carbocycles. The van der Waals surface area contributed by atoms with Crippen molar-refractivity contribution in [1.82, 2.24) is 9.97 Å². The predicted molar refractivity (Wildman–Crippen MR) is 134 cm³/mol. The number of fused-ring (bicyclic) bond motifs is 2. The number of anilines is 1. The van der Waals surface area contributed by atoms with Gasteiger partial charge in [0.15, 0.2) is 5.13 Å². The van der Waals surface area contributed by atoms with Gasteiger partial charge in [-0.25, -0.2) is 4.98 Å². The number of benzene rings is 2. The minimum absolute atomic E-state index is 0.00722. The van der Waals surface area contributed by atoms with Gasteiger partial charge in [0.2, 0.25) is 0 Å². The summed E-state index contributed by atoms with van der Waals surface area (Å²) >= 11 is 7.39. The second-order valence-corrected chi connectivity index (χ2v) is 9.96. The Kier molecular flexibility index (Phi) is 5.09. The summed E-state index contributed by atoms with van der Waals surface area (Å²) in [5, 5.41) is 12.3. The fraction of sp³-hybridized carbons (Fsp3) is 0.154. The molecule has 2 atom stereocenters.